The number of carbonyl (C=O) groups excluding carboxylic acids is 1. The number of carbonyl (C=O) groups is 1. The lowest BCUT2D eigenvalue weighted by atomic mass is 10.2. The minimum absolute atomic E-state index is 0.338. The number of aromatic nitrogens is 1. The highest BCUT2D eigenvalue weighted by atomic mass is 16.5. The van der Waals surface area contributed by atoms with Crippen molar-refractivity contribution in [3.63, 3.8) is 0 Å². The van der Waals surface area contributed by atoms with E-state index in [1.807, 2.05) is 24.3 Å². The van der Waals surface area contributed by atoms with Crippen molar-refractivity contribution in [3.8, 4) is 11.8 Å². The Hall–Kier alpha value is -3.85. The number of pyridine rings is 1. The number of benzene rings is 2. The van der Waals surface area contributed by atoms with Gasteiger partial charge in [0.1, 0.15) is 11.8 Å². The van der Waals surface area contributed by atoms with Gasteiger partial charge in [0.05, 0.1) is 35.8 Å². The second kappa shape index (κ2) is 7.81. The quantitative estimate of drug-likeness (QED) is 0.731. The van der Waals surface area contributed by atoms with Crippen LogP contribution in [-0.2, 0) is 0 Å². The molecule has 0 fully saturated rings. The molecule has 1 heterocycles. The molecule has 1 aromatic heterocycles. The van der Waals surface area contributed by atoms with Crippen molar-refractivity contribution in [2.75, 3.05) is 17.7 Å². The SMILES string of the molecule is COc1cccc(Nc2cncc(C(=O)Nc3ccccc3C#N)c2)c1. The number of nitriles is 1. The third-order valence-electron chi connectivity index (χ3n) is 3.65. The number of anilines is 3. The minimum atomic E-state index is -0.338. The van der Waals surface area contributed by atoms with E-state index in [0.29, 0.717) is 22.5 Å². The van der Waals surface area contributed by atoms with Gasteiger partial charge in [-0.15, -0.1) is 0 Å². The van der Waals surface area contributed by atoms with Crippen LogP contribution in [0.1, 0.15) is 15.9 Å². The molecule has 0 unspecified atom stereocenters. The molecule has 0 atom stereocenters. The summed E-state index contributed by atoms with van der Waals surface area (Å²) in [6, 6.07) is 18.0. The van der Waals surface area contributed by atoms with Crippen LogP contribution in [0.2, 0.25) is 0 Å². The molecule has 2 N–H and O–H groups in total. The van der Waals surface area contributed by atoms with E-state index in [4.69, 9.17) is 10.00 Å². The molecule has 0 aliphatic carbocycles. The topological polar surface area (TPSA) is 87.0 Å². The van der Waals surface area contributed by atoms with Crippen LogP contribution in [0.4, 0.5) is 17.1 Å². The molecule has 26 heavy (non-hydrogen) atoms. The molecule has 0 saturated carbocycles. The first-order valence-corrected chi connectivity index (χ1v) is 7.86. The molecule has 0 aliphatic heterocycles. The van der Waals surface area contributed by atoms with Gasteiger partial charge < -0.3 is 15.4 Å². The van der Waals surface area contributed by atoms with Crippen molar-refractivity contribution in [2.45, 2.75) is 0 Å². The van der Waals surface area contributed by atoms with E-state index in [2.05, 4.69) is 21.7 Å². The third kappa shape index (κ3) is 3.97. The molecular formula is C20H16N4O2. The van der Waals surface area contributed by atoms with Crippen molar-refractivity contribution < 1.29 is 9.53 Å². The molecule has 0 spiro atoms. The van der Waals surface area contributed by atoms with E-state index in [0.717, 1.165) is 11.4 Å². The molecule has 6 heteroatoms. The first-order valence-electron chi connectivity index (χ1n) is 7.86. The highest BCUT2D eigenvalue weighted by Gasteiger charge is 2.10. The molecule has 0 radical (unpaired) electrons. The van der Waals surface area contributed by atoms with E-state index < -0.39 is 0 Å². The summed E-state index contributed by atoms with van der Waals surface area (Å²) in [4.78, 5) is 16.6. The summed E-state index contributed by atoms with van der Waals surface area (Å²) in [6.45, 7) is 0. The van der Waals surface area contributed by atoms with Crippen LogP contribution >= 0.6 is 0 Å². The fraction of sp³-hybridized carbons (Fsp3) is 0.0500. The zero-order chi connectivity index (χ0) is 18.4. The van der Waals surface area contributed by atoms with Crippen LogP contribution in [0.25, 0.3) is 0 Å². The Labute approximate surface area is 151 Å². The molecule has 2 aromatic carbocycles. The van der Waals surface area contributed by atoms with Crippen molar-refractivity contribution in [1.29, 1.82) is 5.26 Å². The van der Waals surface area contributed by atoms with E-state index in [9.17, 15) is 4.79 Å². The Balaban J connectivity index is 1.78. The van der Waals surface area contributed by atoms with Gasteiger partial charge in [-0.05, 0) is 30.3 Å². The summed E-state index contributed by atoms with van der Waals surface area (Å²) in [5.41, 5.74) is 2.73. The molecule has 3 aromatic rings. The van der Waals surface area contributed by atoms with Crippen molar-refractivity contribution in [3.05, 3.63) is 78.1 Å². The Morgan fingerprint density at radius 1 is 1.08 bits per heavy atom. The Bertz CT molecular complexity index is 979. The zero-order valence-corrected chi connectivity index (χ0v) is 14.1. The van der Waals surface area contributed by atoms with Crippen molar-refractivity contribution in [2.24, 2.45) is 0 Å². The summed E-state index contributed by atoms with van der Waals surface area (Å²) in [5, 5.41) is 15.0. The standard InChI is InChI=1S/C20H16N4O2/c1-26-18-7-4-6-16(10-18)23-17-9-15(12-22-13-17)20(25)24-19-8-3-2-5-14(19)11-21/h2-10,12-13,23H,1H3,(H,24,25). The molecule has 0 aliphatic rings. The molecule has 0 saturated heterocycles. The number of para-hydroxylation sites is 1. The van der Waals surface area contributed by atoms with Gasteiger partial charge >= 0.3 is 0 Å². The van der Waals surface area contributed by atoms with E-state index >= 15 is 0 Å². The first kappa shape index (κ1) is 17.0. The number of hydrogen-bond acceptors (Lipinski definition) is 5. The summed E-state index contributed by atoms with van der Waals surface area (Å²) in [7, 11) is 1.60. The fourth-order valence-electron chi connectivity index (χ4n) is 2.38. The minimum Gasteiger partial charge on any atom is -0.497 e. The van der Waals surface area contributed by atoms with E-state index in [-0.39, 0.29) is 5.91 Å². The van der Waals surface area contributed by atoms with E-state index in [1.165, 1.54) is 6.20 Å². The molecular weight excluding hydrogens is 328 g/mol. The number of rotatable bonds is 5. The summed E-state index contributed by atoms with van der Waals surface area (Å²) >= 11 is 0. The van der Waals surface area contributed by atoms with Gasteiger partial charge in [-0.3, -0.25) is 9.78 Å². The highest BCUT2D eigenvalue weighted by Crippen LogP contribution is 2.22. The molecule has 0 bridgehead atoms. The van der Waals surface area contributed by atoms with Crippen LogP contribution in [0.15, 0.2) is 67.0 Å². The van der Waals surface area contributed by atoms with Crippen LogP contribution in [0.5, 0.6) is 5.75 Å². The first-order chi connectivity index (χ1) is 12.7. The largest absolute Gasteiger partial charge is 0.497 e. The third-order valence-corrected chi connectivity index (χ3v) is 3.65. The maximum atomic E-state index is 12.5. The van der Waals surface area contributed by atoms with Gasteiger partial charge in [-0.1, -0.05) is 18.2 Å². The lowest BCUT2D eigenvalue weighted by Gasteiger charge is -2.10. The maximum absolute atomic E-state index is 12.5. The molecule has 6 nitrogen and oxygen atoms in total. The number of ether oxygens (including phenoxy) is 1. The number of amides is 1. The number of methoxy groups -OCH3 is 1. The monoisotopic (exact) mass is 344 g/mol. The van der Waals surface area contributed by atoms with Crippen molar-refractivity contribution in [1.82, 2.24) is 4.98 Å². The van der Waals surface area contributed by atoms with Gasteiger partial charge in [-0.25, -0.2) is 0 Å². The van der Waals surface area contributed by atoms with Crippen LogP contribution in [0, 0.1) is 11.3 Å². The number of nitrogens with zero attached hydrogens (tertiary/aromatic N) is 2. The summed E-state index contributed by atoms with van der Waals surface area (Å²) in [6.07, 6.45) is 3.10. The number of nitrogens with one attached hydrogen (secondary N) is 2. The Morgan fingerprint density at radius 2 is 1.92 bits per heavy atom. The maximum Gasteiger partial charge on any atom is 0.257 e. The van der Waals surface area contributed by atoms with Gasteiger partial charge in [0.25, 0.3) is 5.91 Å². The van der Waals surface area contributed by atoms with Gasteiger partial charge in [0.2, 0.25) is 0 Å². The van der Waals surface area contributed by atoms with Crippen molar-refractivity contribution >= 4 is 23.0 Å². The van der Waals surface area contributed by atoms with Gasteiger partial charge in [-0.2, -0.15) is 5.26 Å². The predicted molar refractivity (Wildman–Crippen MR) is 99.6 cm³/mol. The predicted octanol–water partition coefficient (Wildman–Crippen LogP) is 3.96. The second-order valence-electron chi connectivity index (χ2n) is 5.43. The molecule has 1 amide bonds. The lowest BCUT2D eigenvalue weighted by molar-refractivity contribution is 0.102. The lowest BCUT2D eigenvalue weighted by Crippen LogP contribution is -2.13. The fourth-order valence-corrected chi connectivity index (χ4v) is 2.38. The summed E-state index contributed by atoms with van der Waals surface area (Å²) < 4.78 is 5.20. The van der Waals surface area contributed by atoms with Gasteiger partial charge in [0.15, 0.2) is 0 Å². The molecule has 128 valence electrons. The van der Waals surface area contributed by atoms with Crippen LogP contribution in [-0.4, -0.2) is 18.0 Å². The second-order valence-corrected chi connectivity index (χ2v) is 5.43. The average molecular weight is 344 g/mol. The van der Waals surface area contributed by atoms with E-state index in [1.54, 1.807) is 43.6 Å². The Morgan fingerprint density at radius 3 is 2.73 bits per heavy atom. The smallest absolute Gasteiger partial charge is 0.257 e. The Kier molecular flexibility index (Phi) is 5.11. The van der Waals surface area contributed by atoms with Crippen LogP contribution in [0.3, 0.4) is 0 Å². The average Bonchev–Trinajstić information content (AvgIpc) is 2.68. The number of hydrogen-bond donors (Lipinski definition) is 2. The normalized spacial score (nSPS) is 9.85. The van der Waals surface area contributed by atoms with Crippen LogP contribution < -0.4 is 15.4 Å². The molecule has 3 rings (SSSR count). The zero-order valence-electron chi connectivity index (χ0n) is 14.1. The highest BCUT2D eigenvalue weighted by molar-refractivity contribution is 6.05. The summed E-state index contributed by atoms with van der Waals surface area (Å²) in [5.74, 6) is 0.388. The van der Waals surface area contributed by atoms with Gasteiger partial charge in [0, 0.05) is 18.0 Å².